The first kappa shape index (κ1) is 19.1. The van der Waals surface area contributed by atoms with Crippen molar-refractivity contribution in [1.29, 1.82) is 0 Å². The molecule has 0 spiro atoms. The fourth-order valence-electron chi connectivity index (χ4n) is 3.20. The largest absolute Gasteiger partial charge is 0.465 e. The van der Waals surface area contributed by atoms with Crippen molar-refractivity contribution >= 4 is 11.9 Å². The summed E-state index contributed by atoms with van der Waals surface area (Å²) in [5.74, 6) is -1.51. The van der Waals surface area contributed by atoms with Crippen LogP contribution in [0.1, 0.15) is 20.7 Å². The number of hydrogen-bond donors (Lipinski definition) is 0. The van der Waals surface area contributed by atoms with Gasteiger partial charge in [-0.2, -0.15) is 0 Å². The van der Waals surface area contributed by atoms with Crippen LogP contribution in [0.2, 0.25) is 0 Å². The number of ether oxygens (including phenoxy) is 2. The minimum atomic E-state index is -0.783. The molecule has 0 radical (unpaired) electrons. The minimum Gasteiger partial charge on any atom is -0.465 e. The highest BCUT2D eigenvalue weighted by atomic mass is 16.5. The van der Waals surface area contributed by atoms with Crippen molar-refractivity contribution in [3.8, 4) is 22.4 Å². The van der Waals surface area contributed by atoms with Gasteiger partial charge in [0.1, 0.15) is 0 Å². The SMILES string of the molecule is COC(=O)c1c(C(=O)OC)c(-c2ccccc2)n(C)c(=O)c1-c1ccccc1. The van der Waals surface area contributed by atoms with E-state index in [1.54, 1.807) is 61.6 Å². The average Bonchev–Trinajstić information content (AvgIpc) is 2.75. The third-order valence-corrected chi connectivity index (χ3v) is 4.48. The van der Waals surface area contributed by atoms with Crippen LogP contribution >= 0.6 is 0 Å². The molecule has 0 bridgehead atoms. The van der Waals surface area contributed by atoms with E-state index in [1.165, 1.54) is 18.8 Å². The molecule has 0 saturated carbocycles. The molecule has 1 heterocycles. The molecule has 0 N–H and O–H groups in total. The van der Waals surface area contributed by atoms with E-state index in [9.17, 15) is 14.4 Å². The maximum atomic E-state index is 13.3. The van der Waals surface area contributed by atoms with Crippen LogP contribution in [0.15, 0.2) is 65.5 Å². The monoisotopic (exact) mass is 377 g/mol. The van der Waals surface area contributed by atoms with Gasteiger partial charge in [-0.1, -0.05) is 60.7 Å². The third kappa shape index (κ3) is 3.20. The minimum absolute atomic E-state index is 0.0125. The highest BCUT2D eigenvalue weighted by molar-refractivity contribution is 6.11. The predicted octanol–water partition coefficient (Wildman–Crippen LogP) is 3.29. The second kappa shape index (κ2) is 7.92. The van der Waals surface area contributed by atoms with Crippen molar-refractivity contribution in [2.24, 2.45) is 7.05 Å². The van der Waals surface area contributed by atoms with E-state index >= 15 is 0 Å². The van der Waals surface area contributed by atoms with Crippen LogP contribution in [0.5, 0.6) is 0 Å². The number of carbonyl (C=O) groups is 2. The summed E-state index contributed by atoms with van der Waals surface area (Å²) in [5.41, 5.74) is 0.954. The zero-order valence-electron chi connectivity index (χ0n) is 15.8. The van der Waals surface area contributed by atoms with Gasteiger partial charge in [0.15, 0.2) is 0 Å². The van der Waals surface area contributed by atoms with Gasteiger partial charge in [-0.05, 0) is 11.1 Å². The molecule has 6 nitrogen and oxygen atoms in total. The summed E-state index contributed by atoms with van der Waals surface area (Å²) >= 11 is 0. The Bertz CT molecular complexity index is 1090. The number of aromatic nitrogens is 1. The highest BCUT2D eigenvalue weighted by Crippen LogP contribution is 2.31. The fraction of sp³-hybridized carbons (Fsp3) is 0.136. The maximum absolute atomic E-state index is 13.3. The summed E-state index contributed by atoms with van der Waals surface area (Å²) in [6.07, 6.45) is 0. The molecule has 142 valence electrons. The number of esters is 2. The summed E-state index contributed by atoms with van der Waals surface area (Å²) in [7, 11) is 3.99. The van der Waals surface area contributed by atoms with Gasteiger partial charge < -0.3 is 14.0 Å². The summed E-state index contributed by atoms with van der Waals surface area (Å²) in [6, 6.07) is 17.6. The number of hydrogen-bond acceptors (Lipinski definition) is 5. The van der Waals surface area contributed by atoms with E-state index in [0.29, 0.717) is 11.1 Å². The molecule has 0 amide bonds. The third-order valence-electron chi connectivity index (χ3n) is 4.48. The van der Waals surface area contributed by atoms with E-state index in [2.05, 4.69) is 0 Å². The van der Waals surface area contributed by atoms with Crippen molar-refractivity contribution in [3.63, 3.8) is 0 Å². The zero-order chi connectivity index (χ0) is 20.3. The van der Waals surface area contributed by atoms with Crippen LogP contribution in [-0.2, 0) is 16.5 Å². The lowest BCUT2D eigenvalue weighted by Crippen LogP contribution is -2.29. The van der Waals surface area contributed by atoms with Crippen LogP contribution in [-0.4, -0.2) is 30.7 Å². The molecule has 3 aromatic rings. The molecule has 0 unspecified atom stereocenters. The van der Waals surface area contributed by atoms with E-state index in [-0.39, 0.29) is 22.4 Å². The summed E-state index contributed by atoms with van der Waals surface area (Å²) < 4.78 is 11.2. The molecule has 0 saturated heterocycles. The summed E-state index contributed by atoms with van der Waals surface area (Å²) in [5, 5.41) is 0. The molecule has 2 aromatic carbocycles. The molecule has 28 heavy (non-hydrogen) atoms. The summed E-state index contributed by atoms with van der Waals surface area (Å²) in [6.45, 7) is 0. The van der Waals surface area contributed by atoms with Crippen LogP contribution in [0.25, 0.3) is 22.4 Å². The molecular formula is C22H19NO5. The Labute approximate surface area is 162 Å². The van der Waals surface area contributed by atoms with Gasteiger partial charge in [-0.25, -0.2) is 9.59 Å². The normalized spacial score (nSPS) is 10.4. The number of carbonyl (C=O) groups excluding carboxylic acids is 2. The number of pyridine rings is 1. The van der Waals surface area contributed by atoms with Crippen molar-refractivity contribution in [2.75, 3.05) is 14.2 Å². The Morgan fingerprint density at radius 3 is 1.71 bits per heavy atom. The fourth-order valence-corrected chi connectivity index (χ4v) is 3.20. The summed E-state index contributed by atoms with van der Waals surface area (Å²) in [4.78, 5) is 38.7. The van der Waals surface area contributed by atoms with Crippen molar-refractivity contribution in [2.45, 2.75) is 0 Å². The molecule has 0 aliphatic carbocycles. The first-order valence-corrected chi connectivity index (χ1v) is 8.55. The van der Waals surface area contributed by atoms with Crippen LogP contribution in [0.4, 0.5) is 0 Å². The number of benzene rings is 2. The molecule has 0 fully saturated rings. The van der Waals surface area contributed by atoms with Gasteiger partial charge in [-0.3, -0.25) is 4.79 Å². The van der Waals surface area contributed by atoms with Crippen molar-refractivity contribution in [1.82, 2.24) is 4.57 Å². The molecule has 3 rings (SSSR count). The van der Waals surface area contributed by atoms with E-state index < -0.39 is 17.5 Å². The predicted molar refractivity (Wildman–Crippen MR) is 105 cm³/mol. The zero-order valence-corrected chi connectivity index (χ0v) is 15.8. The van der Waals surface area contributed by atoms with E-state index in [1.807, 2.05) is 6.07 Å². The van der Waals surface area contributed by atoms with E-state index in [4.69, 9.17) is 9.47 Å². The quantitative estimate of drug-likeness (QED) is 0.652. The molecular weight excluding hydrogens is 358 g/mol. The maximum Gasteiger partial charge on any atom is 0.340 e. The van der Waals surface area contributed by atoms with Gasteiger partial charge in [-0.15, -0.1) is 0 Å². The van der Waals surface area contributed by atoms with Crippen molar-refractivity contribution in [3.05, 3.63) is 82.1 Å². The topological polar surface area (TPSA) is 74.6 Å². The second-order valence-corrected chi connectivity index (χ2v) is 6.05. The first-order chi connectivity index (χ1) is 13.5. The Morgan fingerprint density at radius 1 is 0.750 bits per heavy atom. The smallest absolute Gasteiger partial charge is 0.340 e. The Hall–Kier alpha value is -3.67. The first-order valence-electron chi connectivity index (χ1n) is 8.55. The standard InChI is InChI=1S/C22H19NO5/c1-23-19(15-12-8-5-9-13-15)18(22(26)28-3)17(21(25)27-2)16(20(23)24)14-10-6-4-7-11-14/h4-13H,1-3H3. The van der Waals surface area contributed by atoms with Crippen LogP contribution in [0.3, 0.4) is 0 Å². The lowest BCUT2D eigenvalue weighted by atomic mass is 9.93. The number of rotatable bonds is 4. The number of nitrogens with zero attached hydrogens (tertiary/aromatic N) is 1. The molecule has 0 atom stereocenters. The Kier molecular flexibility index (Phi) is 5.40. The lowest BCUT2D eigenvalue weighted by Gasteiger charge is -2.19. The van der Waals surface area contributed by atoms with Crippen molar-refractivity contribution < 1.29 is 19.1 Å². The Morgan fingerprint density at radius 2 is 1.21 bits per heavy atom. The van der Waals surface area contributed by atoms with Gasteiger partial charge in [0.05, 0.1) is 36.6 Å². The average molecular weight is 377 g/mol. The molecule has 0 aliphatic heterocycles. The van der Waals surface area contributed by atoms with E-state index in [0.717, 1.165) is 0 Å². The Balaban J connectivity index is 2.55. The highest BCUT2D eigenvalue weighted by Gasteiger charge is 2.31. The van der Waals surface area contributed by atoms with Gasteiger partial charge in [0, 0.05) is 7.05 Å². The van der Waals surface area contributed by atoms with Crippen LogP contribution < -0.4 is 5.56 Å². The lowest BCUT2D eigenvalue weighted by molar-refractivity contribution is 0.0555. The molecule has 6 heteroatoms. The van der Waals surface area contributed by atoms with Gasteiger partial charge >= 0.3 is 11.9 Å². The molecule has 0 aliphatic rings. The van der Waals surface area contributed by atoms with Crippen LogP contribution in [0, 0.1) is 0 Å². The van der Waals surface area contributed by atoms with Gasteiger partial charge in [0.25, 0.3) is 5.56 Å². The second-order valence-electron chi connectivity index (χ2n) is 6.05. The van der Waals surface area contributed by atoms with Gasteiger partial charge in [0.2, 0.25) is 0 Å². The molecule has 1 aromatic heterocycles. The number of methoxy groups -OCH3 is 2.